The molecule has 0 aliphatic carbocycles. The van der Waals surface area contributed by atoms with Crippen LogP contribution in [0.4, 0.5) is 5.95 Å². The molecule has 0 spiro atoms. The molecule has 0 saturated heterocycles. The van der Waals surface area contributed by atoms with Gasteiger partial charge in [-0.1, -0.05) is 0 Å². The van der Waals surface area contributed by atoms with Crippen LogP contribution in [-0.2, 0) is 13.6 Å². The van der Waals surface area contributed by atoms with Gasteiger partial charge in [-0.2, -0.15) is 0 Å². The van der Waals surface area contributed by atoms with Gasteiger partial charge in [-0.3, -0.25) is 4.57 Å². The summed E-state index contributed by atoms with van der Waals surface area (Å²) in [4.78, 5) is 2.06. The van der Waals surface area contributed by atoms with Crippen LogP contribution in [0.5, 0.6) is 0 Å². The summed E-state index contributed by atoms with van der Waals surface area (Å²) in [6.07, 6.45) is 0. The van der Waals surface area contributed by atoms with E-state index in [1.807, 2.05) is 18.7 Å². The average molecular weight is 319 g/mol. The summed E-state index contributed by atoms with van der Waals surface area (Å²) >= 11 is 10.2. The lowest BCUT2D eigenvalue weighted by Gasteiger charge is -2.16. The van der Waals surface area contributed by atoms with E-state index in [1.165, 1.54) is 5.56 Å². The molecule has 0 saturated carbocycles. The van der Waals surface area contributed by atoms with Crippen molar-refractivity contribution in [1.82, 2.24) is 14.8 Å². The molecule has 0 radical (unpaired) electrons. The Morgan fingerprint density at radius 1 is 1.69 bits per heavy atom. The molecule has 7 heteroatoms. The van der Waals surface area contributed by atoms with Gasteiger partial charge in [-0.25, -0.2) is 5.10 Å². The molecular weight excluding hydrogens is 308 g/mol. The molecule has 0 amide bonds. The van der Waals surface area contributed by atoms with Gasteiger partial charge in [0.15, 0.2) is 4.77 Å². The number of nitrogens with one attached hydrogen (secondary N) is 1. The predicted molar refractivity (Wildman–Crippen MR) is 72.5 cm³/mol. The van der Waals surface area contributed by atoms with Gasteiger partial charge in [-0.05, 0) is 45.2 Å². The second-order valence-corrected chi connectivity index (χ2v) is 6.18. The van der Waals surface area contributed by atoms with E-state index in [0.29, 0.717) is 4.77 Å². The first-order chi connectivity index (χ1) is 7.58. The zero-order valence-electron chi connectivity index (χ0n) is 8.90. The lowest BCUT2D eigenvalue weighted by atomic mass is 10.3. The summed E-state index contributed by atoms with van der Waals surface area (Å²) in [7, 11) is 3.90. The van der Waals surface area contributed by atoms with E-state index < -0.39 is 0 Å². The monoisotopic (exact) mass is 318 g/mol. The standard InChI is InChI=1S/C9H11BrN4S2/c1-13(4-6-3-7(10)16-5-6)8-11-12-9(15)14(8)2/h3,5H,4H2,1-2H3,(H,12,15). The number of rotatable bonds is 3. The maximum Gasteiger partial charge on any atom is 0.225 e. The fraction of sp³-hybridized carbons (Fsp3) is 0.333. The van der Waals surface area contributed by atoms with E-state index in [0.717, 1.165) is 16.3 Å². The van der Waals surface area contributed by atoms with Crippen molar-refractivity contribution in [2.45, 2.75) is 6.54 Å². The molecule has 0 aliphatic rings. The first-order valence-corrected chi connectivity index (χ1v) is 6.71. The van der Waals surface area contributed by atoms with E-state index in [-0.39, 0.29) is 0 Å². The first-order valence-electron chi connectivity index (χ1n) is 4.63. The molecule has 86 valence electrons. The second-order valence-electron chi connectivity index (χ2n) is 3.50. The number of H-pyrrole nitrogens is 1. The van der Waals surface area contributed by atoms with Crippen LogP contribution >= 0.6 is 39.5 Å². The molecule has 16 heavy (non-hydrogen) atoms. The van der Waals surface area contributed by atoms with Gasteiger partial charge in [0.25, 0.3) is 0 Å². The third-order valence-corrected chi connectivity index (χ3v) is 4.16. The van der Waals surface area contributed by atoms with Crippen LogP contribution in [0.15, 0.2) is 15.2 Å². The van der Waals surface area contributed by atoms with Gasteiger partial charge in [0.2, 0.25) is 5.95 Å². The highest BCUT2D eigenvalue weighted by Gasteiger charge is 2.09. The highest BCUT2D eigenvalue weighted by Crippen LogP contribution is 2.22. The Kier molecular flexibility index (Phi) is 3.46. The summed E-state index contributed by atoms with van der Waals surface area (Å²) in [6.45, 7) is 0.815. The van der Waals surface area contributed by atoms with Crippen LogP contribution in [-0.4, -0.2) is 21.8 Å². The van der Waals surface area contributed by atoms with Gasteiger partial charge in [0.05, 0.1) is 3.79 Å². The predicted octanol–water partition coefficient (Wildman–Crippen LogP) is 2.94. The maximum atomic E-state index is 5.07. The van der Waals surface area contributed by atoms with Gasteiger partial charge in [0, 0.05) is 20.6 Å². The molecule has 1 N–H and O–H groups in total. The normalized spacial score (nSPS) is 10.7. The molecule has 0 aromatic carbocycles. The smallest absolute Gasteiger partial charge is 0.225 e. The van der Waals surface area contributed by atoms with E-state index in [1.54, 1.807) is 11.3 Å². The van der Waals surface area contributed by atoms with Crippen molar-refractivity contribution in [3.05, 3.63) is 25.6 Å². The molecule has 2 rings (SSSR count). The third kappa shape index (κ3) is 2.36. The summed E-state index contributed by atoms with van der Waals surface area (Å²) in [5.41, 5.74) is 1.26. The molecule has 0 bridgehead atoms. The largest absolute Gasteiger partial charge is 0.340 e. The van der Waals surface area contributed by atoms with Crippen LogP contribution in [0.25, 0.3) is 0 Å². The zero-order valence-corrected chi connectivity index (χ0v) is 12.1. The molecule has 0 fully saturated rings. The van der Waals surface area contributed by atoms with Crippen molar-refractivity contribution < 1.29 is 0 Å². The minimum atomic E-state index is 0.633. The Morgan fingerprint density at radius 2 is 2.44 bits per heavy atom. The zero-order chi connectivity index (χ0) is 11.7. The Bertz CT molecular complexity index is 542. The van der Waals surface area contributed by atoms with E-state index in [4.69, 9.17) is 12.2 Å². The highest BCUT2D eigenvalue weighted by atomic mass is 79.9. The molecule has 2 aromatic rings. The number of anilines is 1. The van der Waals surface area contributed by atoms with Crippen LogP contribution in [0.2, 0.25) is 0 Å². The lowest BCUT2D eigenvalue weighted by molar-refractivity contribution is 0.802. The summed E-state index contributed by atoms with van der Waals surface area (Å²) < 4.78 is 3.64. The number of hydrogen-bond donors (Lipinski definition) is 1. The van der Waals surface area contributed by atoms with Gasteiger partial charge < -0.3 is 4.90 Å². The fourth-order valence-corrected chi connectivity index (χ4v) is 2.78. The SMILES string of the molecule is CN(Cc1csc(Br)c1)c1n[nH]c(=S)n1C. The van der Waals surface area contributed by atoms with Gasteiger partial charge in [-0.15, -0.1) is 16.4 Å². The topological polar surface area (TPSA) is 36.9 Å². The lowest BCUT2D eigenvalue weighted by Crippen LogP contribution is -2.19. The minimum absolute atomic E-state index is 0.633. The minimum Gasteiger partial charge on any atom is -0.340 e. The Hall–Kier alpha value is -0.660. The van der Waals surface area contributed by atoms with E-state index in [9.17, 15) is 0 Å². The van der Waals surface area contributed by atoms with Crippen LogP contribution < -0.4 is 4.90 Å². The Morgan fingerprint density at radius 3 is 2.94 bits per heavy atom. The van der Waals surface area contributed by atoms with E-state index >= 15 is 0 Å². The Labute approximate surface area is 111 Å². The van der Waals surface area contributed by atoms with Gasteiger partial charge >= 0.3 is 0 Å². The van der Waals surface area contributed by atoms with Crippen LogP contribution in [0.3, 0.4) is 0 Å². The molecule has 0 aliphatic heterocycles. The molecule has 2 heterocycles. The number of aromatic amines is 1. The van der Waals surface area contributed by atoms with Crippen molar-refractivity contribution in [2.75, 3.05) is 11.9 Å². The number of hydrogen-bond acceptors (Lipinski definition) is 4. The molecule has 0 unspecified atom stereocenters. The van der Waals surface area contributed by atoms with Gasteiger partial charge in [0.1, 0.15) is 0 Å². The summed E-state index contributed by atoms with van der Waals surface area (Å²) in [6, 6.07) is 2.11. The number of nitrogens with zero attached hydrogens (tertiary/aromatic N) is 3. The average Bonchev–Trinajstić information content (AvgIpc) is 2.76. The summed E-state index contributed by atoms with van der Waals surface area (Å²) in [5.74, 6) is 0.840. The maximum absolute atomic E-state index is 5.07. The fourth-order valence-electron chi connectivity index (χ4n) is 1.45. The quantitative estimate of drug-likeness (QED) is 0.884. The van der Waals surface area contributed by atoms with Crippen molar-refractivity contribution in [1.29, 1.82) is 0 Å². The highest BCUT2D eigenvalue weighted by molar-refractivity contribution is 9.11. The molecular formula is C9H11BrN4S2. The first kappa shape index (κ1) is 11.8. The van der Waals surface area contributed by atoms with Crippen molar-refractivity contribution in [2.24, 2.45) is 7.05 Å². The van der Waals surface area contributed by atoms with Crippen molar-refractivity contribution >= 4 is 45.4 Å². The molecule has 0 atom stereocenters. The summed E-state index contributed by atoms with van der Waals surface area (Å²) in [5, 5.41) is 9.08. The number of thiophene rings is 1. The Balaban J connectivity index is 2.17. The van der Waals surface area contributed by atoms with Crippen LogP contribution in [0, 0.1) is 4.77 Å². The van der Waals surface area contributed by atoms with E-state index in [2.05, 4.69) is 42.5 Å². The van der Waals surface area contributed by atoms with Crippen LogP contribution in [0.1, 0.15) is 5.56 Å². The second kappa shape index (κ2) is 4.68. The molecule has 4 nitrogen and oxygen atoms in total. The third-order valence-electron chi connectivity index (χ3n) is 2.24. The molecule has 2 aromatic heterocycles. The van der Waals surface area contributed by atoms with Crippen molar-refractivity contribution in [3.8, 4) is 0 Å². The number of halogens is 1. The van der Waals surface area contributed by atoms with Crippen molar-refractivity contribution in [3.63, 3.8) is 0 Å². The number of aromatic nitrogens is 3.